The number of hydrogen-bond acceptors (Lipinski definition) is 9. The van der Waals surface area contributed by atoms with Crippen LogP contribution in [0.15, 0.2) is 72.8 Å². The van der Waals surface area contributed by atoms with Gasteiger partial charge >= 0.3 is 24.0 Å². The second-order valence-electron chi connectivity index (χ2n) is 12.6. The van der Waals surface area contributed by atoms with Crippen molar-refractivity contribution in [3.05, 3.63) is 94.0 Å². The first kappa shape index (κ1) is 37.1. The number of rotatable bonds is 13. The number of hydrogen-bond donors (Lipinski definition) is 5. The van der Waals surface area contributed by atoms with Crippen LogP contribution in [0.1, 0.15) is 42.6 Å². The molecule has 1 aliphatic rings. The molecule has 0 radical (unpaired) electrons. The Morgan fingerprint density at radius 1 is 0.804 bits per heavy atom. The molecule has 12 nitrogen and oxygen atoms in total. The molecule has 5 N–H and O–H groups in total. The van der Waals surface area contributed by atoms with E-state index in [-0.39, 0.29) is 25.0 Å². The molecule has 3 amide bonds. The van der Waals surface area contributed by atoms with Gasteiger partial charge in [-0.15, -0.1) is 0 Å². The zero-order valence-electron chi connectivity index (χ0n) is 27.3. The van der Waals surface area contributed by atoms with Gasteiger partial charge in [-0.2, -0.15) is 28.1 Å². The fourth-order valence-electron chi connectivity index (χ4n) is 4.75. The van der Waals surface area contributed by atoms with Crippen LogP contribution in [0, 0.1) is 5.41 Å². The van der Waals surface area contributed by atoms with Gasteiger partial charge in [0.25, 0.3) is 5.91 Å². The summed E-state index contributed by atoms with van der Waals surface area (Å²) in [7, 11) is 0. The van der Waals surface area contributed by atoms with Crippen LogP contribution in [0.5, 0.6) is 6.01 Å². The van der Waals surface area contributed by atoms with Crippen molar-refractivity contribution in [2.45, 2.75) is 38.4 Å². The van der Waals surface area contributed by atoms with E-state index >= 15 is 0 Å². The number of amides is 3. The molecule has 5 rings (SSSR count). The maximum Gasteiger partial charge on any atom is 0.422 e. The quantitative estimate of drug-likeness (QED) is 0.0967. The average Bonchev–Trinajstić information content (AvgIpc) is 3.85. The Balaban J connectivity index is 1.17. The van der Waals surface area contributed by atoms with Crippen molar-refractivity contribution in [1.82, 2.24) is 25.6 Å². The zero-order valence-corrected chi connectivity index (χ0v) is 28.8. The molecule has 0 spiro atoms. The molecule has 1 heterocycles. The maximum atomic E-state index is 12.9. The fourth-order valence-corrected chi connectivity index (χ4v) is 5.06. The van der Waals surface area contributed by atoms with Crippen LogP contribution < -0.4 is 31.3 Å². The Morgan fingerprint density at radius 2 is 1.47 bits per heavy atom. The third-order valence-corrected chi connectivity index (χ3v) is 8.11. The summed E-state index contributed by atoms with van der Waals surface area (Å²) in [4.78, 5) is 49.9. The standard InChI is InChI=1S/C34H33Cl2F3N8O4/c1-32(2,18-41-27(49)28(50)42-25-5-3-4-23(36)16-25)17-40-26(48)20-6-12-24(13-7-20)43-29-44-30(46-31(45-29)51-19-34(37,38)39)47-33(14-15-33)21-8-10-22(35)11-9-21/h3-13,16H,14-15,17-19H2,1-2H3,(H,40,48)(H,41,49)(H,42,50)(H2,43,44,45,46,47). The molecule has 0 aliphatic heterocycles. The zero-order chi connectivity index (χ0) is 36.8. The molecular formula is C34H33Cl2F3N8O4. The number of aromatic nitrogens is 3. The van der Waals surface area contributed by atoms with E-state index < -0.39 is 47.5 Å². The summed E-state index contributed by atoms with van der Waals surface area (Å²) in [5, 5.41) is 14.9. The Morgan fingerprint density at radius 3 is 2.12 bits per heavy atom. The number of carbonyl (C=O) groups excluding carboxylic acids is 3. The fraction of sp³-hybridized carbons (Fsp3) is 0.294. The molecule has 0 saturated heterocycles. The van der Waals surface area contributed by atoms with Crippen molar-refractivity contribution in [2.24, 2.45) is 5.41 Å². The van der Waals surface area contributed by atoms with Gasteiger partial charge in [0.2, 0.25) is 11.9 Å². The maximum absolute atomic E-state index is 12.9. The summed E-state index contributed by atoms with van der Waals surface area (Å²) < 4.78 is 43.6. The van der Waals surface area contributed by atoms with Gasteiger partial charge in [-0.25, -0.2) is 0 Å². The highest BCUT2D eigenvalue weighted by Gasteiger charge is 2.45. The predicted molar refractivity (Wildman–Crippen MR) is 186 cm³/mol. The summed E-state index contributed by atoms with van der Waals surface area (Å²) in [6.45, 7) is 2.28. The van der Waals surface area contributed by atoms with Gasteiger partial charge in [0, 0.05) is 40.1 Å². The summed E-state index contributed by atoms with van der Waals surface area (Å²) in [6, 6.07) is 19.3. The van der Waals surface area contributed by atoms with Gasteiger partial charge in [-0.05, 0) is 78.4 Å². The van der Waals surface area contributed by atoms with Crippen LogP contribution in [-0.4, -0.2) is 58.5 Å². The van der Waals surface area contributed by atoms with Crippen LogP contribution in [0.25, 0.3) is 0 Å². The average molecular weight is 746 g/mol. The van der Waals surface area contributed by atoms with Crippen LogP contribution in [-0.2, 0) is 15.1 Å². The van der Waals surface area contributed by atoms with Gasteiger partial charge in [0.15, 0.2) is 6.61 Å². The number of ether oxygens (including phenoxy) is 1. The van der Waals surface area contributed by atoms with Gasteiger partial charge in [-0.3, -0.25) is 14.4 Å². The Labute approximate surface area is 300 Å². The van der Waals surface area contributed by atoms with Crippen LogP contribution in [0.2, 0.25) is 10.0 Å². The minimum atomic E-state index is -4.61. The lowest BCUT2D eigenvalue weighted by Crippen LogP contribution is -2.44. The van der Waals surface area contributed by atoms with Crippen molar-refractivity contribution in [3.8, 4) is 6.01 Å². The van der Waals surface area contributed by atoms with E-state index in [9.17, 15) is 27.6 Å². The SMILES string of the molecule is CC(C)(CNC(=O)C(=O)Nc1cccc(Cl)c1)CNC(=O)c1ccc(Nc2nc(NC3(c4ccc(Cl)cc4)CC3)nc(OCC(F)(F)F)n2)cc1. The highest BCUT2D eigenvalue weighted by atomic mass is 35.5. The van der Waals surface area contributed by atoms with Gasteiger partial charge in [-0.1, -0.05) is 55.2 Å². The van der Waals surface area contributed by atoms with Crippen LogP contribution in [0.3, 0.4) is 0 Å². The van der Waals surface area contributed by atoms with Crippen LogP contribution in [0.4, 0.5) is 36.4 Å². The van der Waals surface area contributed by atoms with Crippen molar-refractivity contribution in [2.75, 3.05) is 35.6 Å². The minimum absolute atomic E-state index is 0.00802. The summed E-state index contributed by atoms with van der Waals surface area (Å²) in [5.74, 6) is -2.17. The molecule has 1 saturated carbocycles. The van der Waals surface area contributed by atoms with E-state index in [1.54, 1.807) is 56.3 Å². The van der Waals surface area contributed by atoms with Crippen molar-refractivity contribution in [3.63, 3.8) is 0 Å². The molecule has 3 aromatic carbocycles. The molecular weight excluding hydrogens is 712 g/mol. The van der Waals surface area contributed by atoms with Crippen molar-refractivity contribution >= 4 is 64.2 Å². The third-order valence-electron chi connectivity index (χ3n) is 7.62. The summed E-state index contributed by atoms with van der Waals surface area (Å²) >= 11 is 11.9. The highest BCUT2D eigenvalue weighted by Crippen LogP contribution is 2.48. The largest absolute Gasteiger partial charge is 0.454 e. The lowest BCUT2D eigenvalue weighted by molar-refractivity contribution is -0.154. The number of benzene rings is 3. The molecule has 268 valence electrons. The van der Waals surface area contributed by atoms with E-state index in [1.807, 2.05) is 12.1 Å². The molecule has 0 unspecified atom stereocenters. The molecule has 1 aromatic heterocycles. The lowest BCUT2D eigenvalue weighted by Gasteiger charge is -2.25. The molecule has 1 aliphatic carbocycles. The predicted octanol–water partition coefficient (Wildman–Crippen LogP) is 6.48. The number of alkyl halides is 3. The Kier molecular flexibility index (Phi) is 11.2. The van der Waals surface area contributed by atoms with Crippen molar-refractivity contribution in [1.29, 1.82) is 0 Å². The van der Waals surface area contributed by atoms with Gasteiger partial charge in [0.05, 0.1) is 5.54 Å². The van der Waals surface area contributed by atoms with E-state index in [2.05, 4.69) is 41.5 Å². The molecule has 4 aromatic rings. The van der Waals surface area contributed by atoms with E-state index in [0.717, 1.165) is 18.4 Å². The second-order valence-corrected chi connectivity index (χ2v) is 13.5. The topological polar surface area (TPSA) is 159 Å². The molecule has 17 heteroatoms. The number of nitrogens with zero attached hydrogens (tertiary/aromatic N) is 3. The summed E-state index contributed by atoms with van der Waals surface area (Å²) in [6.07, 6.45) is -3.14. The molecule has 1 fully saturated rings. The summed E-state index contributed by atoms with van der Waals surface area (Å²) in [5.41, 5.74) is 0.897. The van der Waals surface area contributed by atoms with E-state index in [4.69, 9.17) is 27.9 Å². The number of carbonyl (C=O) groups is 3. The smallest absolute Gasteiger partial charge is 0.422 e. The second kappa shape index (κ2) is 15.4. The molecule has 0 atom stereocenters. The Hall–Kier alpha value is -5.15. The lowest BCUT2D eigenvalue weighted by atomic mass is 9.93. The first-order valence-electron chi connectivity index (χ1n) is 15.6. The first-order chi connectivity index (χ1) is 24.1. The molecule has 51 heavy (non-hydrogen) atoms. The van der Waals surface area contributed by atoms with Gasteiger partial charge < -0.3 is 31.3 Å². The van der Waals surface area contributed by atoms with Crippen LogP contribution >= 0.6 is 23.2 Å². The Bertz CT molecular complexity index is 1890. The number of halogens is 5. The van der Waals surface area contributed by atoms with Crippen molar-refractivity contribution < 1.29 is 32.3 Å². The number of nitrogens with one attached hydrogen (secondary N) is 5. The first-order valence-corrected chi connectivity index (χ1v) is 16.3. The minimum Gasteiger partial charge on any atom is -0.454 e. The number of anilines is 4. The monoisotopic (exact) mass is 744 g/mol. The highest BCUT2D eigenvalue weighted by molar-refractivity contribution is 6.39. The molecule has 0 bridgehead atoms. The van der Waals surface area contributed by atoms with E-state index in [1.165, 1.54) is 18.2 Å². The van der Waals surface area contributed by atoms with Gasteiger partial charge in [0.1, 0.15) is 0 Å². The van der Waals surface area contributed by atoms with E-state index in [0.29, 0.717) is 27.0 Å². The normalized spacial score (nSPS) is 13.5. The third kappa shape index (κ3) is 10.9.